The van der Waals surface area contributed by atoms with E-state index in [0.717, 1.165) is 56.5 Å². The van der Waals surface area contributed by atoms with Crippen LogP contribution in [0.25, 0.3) is 0 Å². The minimum atomic E-state index is -0.112. The summed E-state index contributed by atoms with van der Waals surface area (Å²) >= 11 is 0. The molecule has 4 unspecified atom stereocenters. The molecule has 33 heavy (non-hydrogen) atoms. The summed E-state index contributed by atoms with van der Waals surface area (Å²) < 4.78 is 0. The summed E-state index contributed by atoms with van der Waals surface area (Å²) in [5, 5.41) is 3.62. The summed E-state index contributed by atoms with van der Waals surface area (Å²) in [6.07, 6.45) is 12.4. The van der Waals surface area contributed by atoms with Crippen LogP contribution in [0.5, 0.6) is 0 Å². The SMILES string of the molecule is CC(C)c1cc(C2CCCC2)nc(NCC2(C)CCCN(C(=O)C3(C)CC4CCC3C4)C2)n1. The molecule has 5 heteroatoms. The molecule has 4 fully saturated rings. The molecular formula is C28H44N4O. The lowest BCUT2D eigenvalue weighted by molar-refractivity contribution is -0.147. The third-order valence-electron chi connectivity index (χ3n) is 9.52. The summed E-state index contributed by atoms with van der Waals surface area (Å²) in [6, 6.07) is 2.24. The molecule has 0 spiro atoms. The van der Waals surface area contributed by atoms with E-state index in [1.807, 2.05) is 0 Å². The highest BCUT2D eigenvalue weighted by Crippen LogP contribution is 2.56. The Balaban J connectivity index is 1.27. The number of aromatic nitrogens is 2. The van der Waals surface area contributed by atoms with Crippen LogP contribution in [0.3, 0.4) is 0 Å². The maximum absolute atomic E-state index is 13.7. The van der Waals surface area contributed by atoms with E-state index in [1.165, 1.54) is 50.6 Å². The first-order chi connectivity index (χ1) is 15.8. The Bertz CT molecular complexity index is 879. The molecule has 4 aliphatic rings. The monoisotopic (exact) mass is 452 g/mol. The summed E-state index contributed by atoms with van der Waals surface area (Å²) in [5.41, 5.74) is 2.32. The van der Waals surface area contributed by atoms with E-state index in [1.54, 1.807) is 0 Å². The van der Waals surface area contributed by atoms with Gasteiger partial charge in [0.15, 0.2) is 0 Å². The molecule has 2 bridgehead atoms. The van der Waals surface area contributed by atoms with Crippen LogP contribution in [0.15, 0.2) is 6.07 Å². The Labute approximate surface area is 200 Å². The van der Waals surface area contributed by atoms with Crippen molar-refractivity contribution in [3.63, 3.8) is 0 Å². The normalized spacial score (nSPS) is 34.4. The fraction of sp³-hybridized carbons (Fsp3) is 0.821. The molecule has 1 aromatic heterocycles. The van der Waals surface area contributed by atoms with Gasteiger partial charge in [0.25, 0.3) is 0 Å². The zero-order chi connectivity index (χ0) is 23.2. The Hall–Kier alpha value is -1.65. The van der Waals surface area contributed by atoms with Crippen molar-refractivity contribution in [3.05, 3.63) is 17.5 Å². The topological polar surface area (TPSA) is 58.1 Å². The van der Waals surface area contributed by atoms with E-state index >= 15 is 0 Å². The van der Waals surface area contributed by atoms with Crippen LogP contribution in [-0.4, -0.2) is 40.4 Å². The van der Waals surface area contributed by atoms with Crippen LogP contribution < -0.4 is 5.32 Å². The molecule has 4 atom stereocenters. The molecule has 182 valence electrons. The van der Waals surface area contributed by atoms with E-state index in [2.05, 4.69) is 44.0 Å². The fourth-order valence-electron chi connectivity index (χ4n) is 7.45. The highest BCUT2D eigenvalue weighted by atomic mass is 16.2. The molecule has 0 radical (unpaired) electrons. The number of hydrogen-bond donors (Lipinski definition) is 1. The summed E-state index contributed by atoms with van der Waals surface area (Å²) in [4.78, 5) is 25.7. The van der Waals surface area contributed by atoms with Gasteiger partial charge in [0.2, 0.25) is 11.9 Å². The second kappa shape index (κ2) is 8.85. The average Bonchev–Trinajstić information content (AvgIpc) is 3.55. The lowest BCUT2D eigenvalue weighted by atomic mass is 9.72. The van der Waals surface area contributed by atoms with E-state index < -0.39 is 0 Å². The van der Waals surface area contributed by atoms with E-state index in [9.17, 15) is 4.79 Å². The number of piperidine rings is 1. The van der Waals surface area contributed by atoms with Crippen LogP contribution in [0.2, 0.25) is 0 Å². The first-order valence-corrected chi connectivity index (χ1v) is 13.7. The second-order valence-electron chi connectivity index (χ2n) is 12.7. The third kappa shape index (κ3) is 4.53. The number of likely N-dealkylation sites (tertiary alicyclic amines) is 1. The van der Waals surface area contributed by atoms with Gasteiger partial charge in [-0.2, -0.15) is 0 Å². The molecule has 5 nitrogen and oxygen atoms in total. The smallest absolute Gasteiger partial charge is 0.228 e. The Kier molecular flexibility index (Phi) is 6.20. The minimum Gasteiger partial charge on any atom is -0.354 e. The maximum Gasteiger partial charge on any atom is 0.228 e. The van der Waals surface area contributed by atoms with Crippen molar-refractivity contribution in [2.75, 3.05) is 25.0 Å². The quantitative estimate of drug-likeness (QED) is 0.564. The number of hydrogen-bond acceptors (Lipinski definition) is 4. The van der Waals surface area contributed by atoms with Gasteiger partial charge in [-0.15, -0.1) is 0 Å². The van der Waals surface area contributed by atoms with Crippen molar-refractivity contribution >= 4 is 11.9 Å². The van der Waals surface area contributed by atoms with Crippen molar-refractivity contribution in [1.82, 2.24) is 14.9 Å². The van der Waals surface area contributed by atoms with Crippen molar-refractivity contribution in [2.45, 2.75) is 104 Å². The largest absolute Gasteiger partial charge is 0.354 e. The molecule has 1 N–H and O–H groups in total. The fourth-order valence-corrected chi connectivity index (χ4v) is 7.45. The number of amides is 1. The van der Waals surface area contributed by atoms with Crippen LogP contribution in [-0.2, 0) is 4.79 Å². The Morgan fingerprint density at radius 3 is 2.61 bits per heavy atom. The predicted octanol–water partition coefficient (Wildman–Crippen LogP) is 6.12. The minimum absolute atomic E-state index is 0.0621. The lowest BCUT2D eigenvalue weighted by Gasteiger charge is -2.45. The molecular weight excluding hydrogens is 408 g/mol. The van der Waals surface area contributed by atoms with Crippen molar-refractivity contribution in [3.8, 4) is 0 Å². The first kappa shape index (κ1) is 23.1. The molecule has 3 saturated carbocycles. The standard InChI is InChI=1S/C28H44N4O/c1-19(2)23-15-24(21-8-5-6-9-21)31-26(30-23)29-17-27(3)12-7-13-32(18-27)25(33)28(4)16-20-10-11-22(28)14-20/h15,19-22H,5-14,16-18H2,1-4H3,(H,29,30,31). The molecule has 3 aliphatic carbocycles. The zero-order valence-electron chi connectivity index (χ0n) is 21.3. The van der Waals surface area contributed by atoms with Crippen molar-refractivity contribution in [2.24, 2.45) is 22.7 Å². The molecule has 2 heterocycles. The lowest BCUT2D eigenvalue weighted by Crippen LogP contribution is -2.53. The number of fused-ring (bicyclic) bond motifs is 2. The van der Waals surface area contributed by atoms with Crippen LogP contribution in [0.1, 0.15) is 115 Å². The Morgan fingerprint density at radius 1 is 1.15 bits per heavy atom. The van der Waals surface area contributed by atoms with Crippen molar-refractivity contribution < 1.29 is 4.79 Å². The molecule has 1 aliphatic heterocycles. The number of carbonyl (C=O) groups is 1. The maximum atomic E-state index is 13.7. The first-order valence-electron chi connectivity index (χ1n) is 13.7. The van der Waals surface area contributed by atoms with Crippen molar-refractivity contribution in [1.29, 1.82) is 0 Å². The van der Waals surface area contributed by atoms with E-state index in [4.69, 9.17) is 9.97 Å². The molecule has 5 rings (SSSR count). The van der Waals surface area contributed by atoms with Gasteiger partial charge in [0.05, 0.1) is 0 Å². The van der Waals surface area contributed by atoms with E-state index in [-0.39, 0.29) is 10.8 Å². The van der Waals surface area contributed by atoms with Gasteiger partial charge in [0, 0.05) is 47.8 Å². The molecule has 1 aromatic rings. The number of carbonyl (C=O) groups excluding carboxylic acids is 1. The number of rotatable bonds is 6. The highest BCUT2D eigenvalue weighted by molar-refractivity contribution is 5.83. The van der Waals surface area contributed by atoms with Gasteiger partial charge >= 0.3 is 0 Å². The Morgan fingerprint density at radius 2 is 1.94 bits per heavy atom. The highest BCUT2D eigenvalue weighted by Gasteiger charge is 2.54. The predicted molar refractivity (Wildman–Crippen MR) is 133 cm³/mol. The molecule has 1 amide bonds. The van der Waals surface area contributed by atoms with E-state index in [0.29, 0.717) is 23.7 Å². The molecule has 0 aromatic carbocycles. The van der Waals surface area contributed by atoms with Crippen LogP contribution >= 0.6 is 0 Å². The van der Waals surface area contributed by atoms with Gasteiger partial charge < -0.3 is 10.2 Å². The molecule has 1 saturated heterocycles. The summed E-state index contributed by atoms with van der Waals surface area (Å²) in [5.74, 6) is 3.61. The van der Waals surface area contributed by atoms with Gasteiger partial charge in [0.1, 0.15) is 0 Å². The van der Waals surface area contributed by atoms with Crippen LogP contribution in [0, 0.1) is 22.7 Å². The third-order valence-corrected chi connectivity index (χ3v) is 9.52. The van der Waals surface area contributed by atoms with Gasteiger partial charge in [-0.3, -0.25) is 4.79 Å². The second-order valence-corrected chi connectivity index (χ2v) is 12.7. The van der Waals surface area contributed by atoms with Crippen LogP contribution in [0.4, 0.5) is 5.95 Å². The zero-order valence-corrected chi connectivity index (χ0v) is 21.3. The number of nitrogens with one attached hydrogen (secondary N) is 1. The van der Waals surface area contributed by atoms with Gasteiger partial charge in [-0.05, 0) is 68.8 Å². The van der Waals surface area contributed by atoms with Gasteiger partial charge in [-0.25, -0.2) is 9.97 Å². The number of nitrogens with zero attached hydrogens (tertiary/aromatic N) is 3. The summed E-state index contributed by atoms with van der Waals surface area (Å²) in [7, 11) is 0. The number of anilines is 1. The summed E-state index contributed by atoms with van der Waals surface area (Å²) in [6.45, 7) is 11.6. The average molecular weight is 453 g/mol. The van der Waals surface area contributed by atoms with Gasteiger partial charge in [-0.1, -0.05) is 47.0 Å².